The quantitative estimate of drug-likeness (QED) is 0.375. The Morgan fingerprint density at radius 3 is 2.38 bits per heavy atom. The van der Waals surface area contributed by atoms with Crippen molar-refractivity contribution < 1.29 is 22.2 Å². The van der Waals surface area contributed by atoms with Gasteiger partial charge >= 0.3 is 6.18 Å². The second-order valence-corrected chi connectivity index (χ2v) is 11.3. The van der Waals surface area contributed by atoms with Crippen molar-refractivity contribution in [3.8, 4) is 16.9 Å². The number of halogens is 3. The van der Waals surface area contributed by atoms with Crippen molar-refractivity contribution in [1.82, 2.24) is 19.7 Å². The number of aryl methyl sites for hydroxylation is 1. The number of amides is 1. The fraction of sp³-hybridized carbons (Fsp3) is 0.222. The summed E-state index contributed by atoms with van der Waals surface area (Å²) >= 11 is 0. The normalized spacial score (nSPS) is 13.1. The highest BCUT2D eigenvalue weighted by molar-refractivity contribution is 7.93. The molecule has 0 aliphatic carbocycles. The summed E-state index contributed by atoms with van der Waals surface area (Å²) in [5.74, 6) is -0.698. The molecule has 1 atom stereocenters. The highest BCUT2D eigenvalue weighted by Crippen LogP contribution is 2.31. The van der Waals surface area contributed by atoms with Gasteiger partial charge in [-0.15, -0.1) is 0 Å². The Bertz CT molecular complexity index is 1730. The average molecular weight is 558 g/mol. The lowest BCUT2D eigenvalue weighted by molar-refractivity contribution is -0.137. The van der Waals surface area contributed by atoms with Gasteiger partial charge in [-0.05, 0) is 55.0 Å². The number of pyridine rings is 1. The molecule has 1 unspecified atom stereocenters. The lowest BCUT2D eigenvalue weighted by atomic mass is 10.1. The molecule has 0 radical (unpaired) electrons. The molecule has 1 amide bonds. The van der Waals surface area contributed by atoms with Crippen molar-refractivity contribution in [2.75, 3.05) is 13.3 Å². The third-order valence-electron chi connectivity index (χ3n) is 6.38. The van der Waals surface area contributed by atoms with Crippen molar-refractivity contribution in [3.05, 3.63) is 99.6 Å². The fourth-order valence-corrected chi connectivity index (χ4v) is 4.99. The summed E-state index contributed by atoms with van der Waals surface area (Å²) in [5.41, 5.74) is 0.122. The number of aromatic nitrogens is 3. The third-order valence-corrected chi connectivity index (χ3v) is 8.23. The first kappa shape index (κ1) is 27.8. The van der Waals surface area contributed by atoms with Crippen LogP contribution in [-0.4, -0.2) is 37.8 Å². The molecule has 2 aromatic carbocycles. The number of carbonyl (C=O) groups excluding carboxylic acids is 1. The lowest BCUT2D eigenvalue weighted by Gasteiger charge is -2.18. The van der Waals surface area contributed by atoms with Gasteiger partial charge in [0, 0.05) is 54.9 Å². The van der Waals surface area contributed by atoms with Gasteiger partial charge in [0.25, 0.3) is 11.5 Å². The topological polar surface area (TPSA) is 98.3 Å². The van der Waals surface area contributed by atoms with Crippen molar-refractivity contribution in [1.29, 1.82) is 0 Å². The molecule has 204 valence electrons. The molecule has 4 rings (SSSR count). The summed E-state index contributed by atoms with van der Waals surface area (Å²) in [6, 6.07) is 14.2. The number of rotatable bonds is 6. The minimum absolute atomic E-state index is 0.0227. The smallest absolute Gasteiger partial charge is 0.348 e. The van der Waals surface area contributed by atoms with Gasteiger partial charge in [-0.2, -0.15) is 18.3 Å². The largest absolute Gasteiger partial charge is 0.416 e. The molecule has 0 aliphatic rings. The number of hydrogen-bond donors (Lipinski definition) is 1. The van der Waals surface area contributed by atoms with E-state index in [9.17, 15) is 27.0 Å². The summed E-state index contributed by atoms with van der Waals surface area (Å²) in [4.78, 5) is 27.4. The zero-order valence-corrected chi connectivity index (χ0v) is 22.4. The molecule has 2 aromatic heterocycles. The van der Waals surface area contributed by atoms with Gasteiger partial charge in [-0.1, -0.05) is 18.2 Å². The van der Waals surface area contributed by atoms with E-state index in [1.807, 2.05) is 0 Å². The van der Waals surface area contributed by atoms with E-state index in [0.717, 1.165) is 16.7 Å². The van der Waals surface area contributed by atoms with Crippen LogP contribution in [0.2, 0.25) is 0 Å². The van der Waals surface area contributed by atoms with Crippen LogP contribution in [0.25, 0.3) is 16.9 Å². The molecule has 0 bridgehead atoms. The molecule has 0 saturated carbocycles. The van der Waals surface area contributed by atoms with Gasteiger partial charge in [0.1, 0.15) is 5.56 Å². The number of carbonyl (C=O) groups is 1. The minimum Gasteiger partial charge on any atom is -0.348 e. The van der Waals surface area contributed by atoms with E-state index in [0.29, 0.717) is 27.4 Å². The first-order valence-corrected chi connectivity index (χ1v) is 13.7. The maximum Gasteiger partial charge on any atom is 0.416 e. The molecule has 12 heteroatoms. The Balaban J connectivity index is 1.77. The molecule has 2 heterocycles. The lowest BCUT2D eigenvalue weighted by Crippen LogP contribution is -2.33. The van der Waals surface area contributed by atoms with E-state index in [1.54, 1.807) is 55.2 Å². The summed E-state index contributed by atoms with van der Waals surface area (Å²) in [7, 11) is 0.649. The van der Waals surface area contributed by atoms with Crippen LogP contribution >= 0.6 is 0 Å². The van der Waals surface area contributed by atoms with Crippen LogP contribution in [0.4, 0.5) is 13.2 Å². The standard InChI is InChI=1S/C27H26F3N5O3S/c1-17-22(24-12-13-33-34(24)3)15-23(26(37)35(17)20-7-5-6-19(14-20)27(28,29)30)25(36)32-16-18-8-10-21(11-9-18)39(4,38)31-2/h5-15H,16H2,1-4H3,(H,32,36). The zero-order valence-electron chi connectivity index (χ0n) is 21.6. The van der Waals surface area contributed by atoms with Gasteiger partial charge in [-0.3, -0.25) is 18.8 Å². The molecule has 0 saturated heterocycles. The first-order chi connectivity index (χ1) is 18.3. The monoisotopic (exact) mass is 557 g/mol. The number of nitrogens with zero attached hydrogens (tertiary/aromatic N) is 4. The molecule has 0 aliphatic heterocycles. The second-order valence-electron chi connectivity index (χ2n) is 8.90. The van der Waals surface area contributed by atoms with Crippen LogP contribution in [0.1, 0.15) is 27.2 Å². The van der Waals surface area contributed by atoms with Gasteiger partial charge in [0.2, 0.25) is 0 Å². The molecule has 0 spiro atoms. The fourth-order valence-electron chi connectivity index (χ4n) is 4.14. The molecular formula is C27H26F3N5O3S. The van der Waals surface area contributed by atoms with Crippen LogP contribution in [0.5, 0.6) is 0 Å². The van der Waals surface area contributed by atoms with Crippen LogP contribution in [0.15, 0.2) is 80.9 Å². The molecule has 39 heavy (non-hydrogen) atoms. The molecule has 0 fully saturated rings. The van der Waals surface area contributed by atoms with Gasteiger partial charge in [0.05, 0.1) is 21.0 Å². The Hall–Kier alpha value is -4.19. The van der Waals surface area contributed by atoms with Crippen LogP contribution in [-0.2, 0) is 29.5 Å². The van der Waals surface area contributed by atoms with Crippen molar-refractivity contribution >= 4 is 15.6 Å². The summed E-state index contributed by atoms with van der Waals surface area (Å²) in [6.45, 7) is 1.66. The molecular weight excluding hydrogens is 531 g/mol. The van der Waals surface area contributed by atoms with Gasteiger partial charge < -0.3 is 5.32 Å². The van der Waals surface area contributed by atoms with E-state index in [4.69, 9.17) is 0 Å². The van der Waals surface area contributed by atoms with E-state index < -0.39 is 32.9 Å². The number of hydrogen-bond acceptors (Lipinski definition) is 5. The zero-order chi connectivity index (χ0) is 28.5. The SMILES string of the molecule is CN=S(C)(=O)c1ccc(CNC(=O)c2cc(-c3ccnn3C)c(C)n(-c3cccc(C(F)(F)F)c3)c2=O)cc1. The highest BCUT2D eigenvalue weighted by Gasteiger charge is 2.31. The van der Waals surface area contributed by atoms with Gasteiger partial charge in [0.15, 0.2) is 0 Å². The van der Waals surface area contributed by atoms with Crippen molar-refractivity contribution in [3.63, 3.8) is 0 Å². The van der Waals surface area contributed by atoms with Crippen LogP contribution in [0, 0.1) is 6.92 Å². The number of benzene rings is 2. The second kappa shape index (κ2) is 10.5. The van der Waals surface area contributed by atoms with E-state index in [2.05, 4.69) is 14.8 Å². The van der Waals surface area contributed by atoms with Crippen LogP contribution < -0.4 is 10.9 Å². The third kappa shape index (κ3) is 5.65. The Labute approximate surface area is 223 Å². The Kier molecular flexibility index (Phi) is 7.51. The first-order valence-electron chi connectivity index (χ1n) is 11.7. The molecule has 1 N–H and O–H groups in total. The Morgan fingerprint density at radius 1 is 1.10 bits per heavy atom. The highest BCUT2D eigenvalue weighted by atomic mass is 32.2. The van der Waals surface area contributed by atoms with E-state index in [-0.39, 0.29) is 17.8 Å². The van der Waals surface area contributed by atoms with Gasteiger partial charge in [-0.25, -0.2) is 8.57 Å². The minimum atomic E-state index is -4.61. The van der Waals surface area contributed by atoms with E-state index >= 15 is 0 Å². The maximum absolute atomic E-state index is 13.6. The van der Waals surface area contributed by atoms with E-state index in [1.165, 1.54) is 31.5 Å². The average Bonchev–Trinajstić information content (AvgIpc) is 3.33. The maximum atomic E-state index is 13.6. The summed E-state index contributed by atoms with van der Waals surface area (Å²) < 4.78 is 59.3. The van der Waals surface area contributed by atoms with Crippen molar-refractivity contribution in [2.24, 2.45) is 11.4 Å². The summed E-state index contributed by atoms with van der Waals surface area (Å²) in [6.07, 6.45) is -1.55. The predicted molar refractivity (Wildman–Crippen MR) is 142 cm³/mol. The van der Waals surface area contributed by atoms with Crippen LogP contribution in [0.3, 0.4) is 0 Å². The summed E-state index contributed by atoms with van der Waals surface area (Å²) in [5, 5.41) is 6.84. The number of alkyl halides is 3. The predicted octanol–water partition coefficient (Wildman–Crippen LogP) is 4.58. The number of nitrogens with one attached hydrogen (secondary N) is 1. The Morgan fingerprint density at radius 2 is 1.79 bits per heavy atom. The molecule has 4 aromatic rings. The molecule has 8 nitrogen and oxygen atoms in total. The van der Waals surface area contributed by atoms with Crippen molar-refractivity contribution in [2.45, 2.75) is 24.5 Å².